The van der Waals surface area contributed by atoms with Crippen LogP contribution in [0.4, 0.5) is 4.39 Å². The van der Waals surface area contributed by atoms with Crippen LogP contribution in [0, 0.1) is 0 Å². The Morgan fingerprint density at radius 2 is 2.00 bits per heavy atom. The zero-order chi connectivity index (χ0) is 6.69. The summed E-state index contributed by atoms with van der Waals surface area (Å²) in [5.74, 6) is 0. The summed E-state index contributed by atoms with van der Waals surface area (Å²) in [6.45, 7) is 0. The zero-order valence-corrected chi connectivity index (χ0v) is 5.86. The third-order valence-corrected chi connectivity index (χ3v) is 2.05. The summed E-state index contributed by atoms with van der Waals surface area (Å²) < 4.78 is 12.8. The predicted octanol–water partition coefficient (Wildman–Crippen LogP) is 1.49. The lowest BCUT2D eigenvalue weighted by atomic mass is 9.94. The zero-order valence-electron chi connectivity index (χ0n) is 5.86. The van der Waals surface area contributed by atoms with Gasteiger partial charge in [-0.25, -0.2) is 4.39 Å². The largest absolute Gasteiger partial charge is 0.314 e. The maximum absolute atomic E-state index is 12.8. The van der Waals surface area contributed by atoms with Gasteiger partial charge in [-0.15, -0.1) is 0 Å². The van der Waals surface area contributed by atoms with Gasteiger partial charge in [0.05, 0.1) is 0 Å². The molecule has 0 spiro atoms. The molecule has 9 heavy (non-hydrogen) atoms. The van der Waals surface area contributed by atoms with Crippen molar-refractivity contribution in [2.24, 2.45) is 0 Å². The molecule has 1 fully saturated rings. The molecule has 1 aliphatic carbocycles. The molecule has 54 valence electrons. The van der Waals surface area contributed by atoms with Crippen LogP contribution in [0.3, 0.4) is 0 Å². The van der Waals surface area contributed by atoms with Crippen molar-refractivity contribution in [1.29, 1.82) is 0 Å². The van der Waals surface area contributed by atoms with E-state index in [1.807, 2.05) is 7.05 Å². The lowest BCUT2D eigenvalue weighted by Crippen LogP contribution is -2.37. The van der Waals surface area contributed by atoms with E-state index >= 15 is 0 Å². The summed E-state index contributed by atoms with van der Waals surface area (Å²) in [6.07, 6.45) is 3.43. The van der Waals surface area contributed by atoms with E-state index in [0.717, 1.165) is 19.3 Å². The maximum atomic E-state index is 12.8. The Balaban J connectivity index is 2.30. The van der Waals surface area contributed by atoms with Crippen LogP contribution in [0.1, 0.15) is 25.7 Å². The fourth-order valence-corrected chi connectivity index (χ4v) is 1.41. The Labute approximate surface area is 55.6 Å². The Hall–Kier alpha value is -0.110. The number of halogens is 1. The second kappa shape index (κ2) is 3.16. The Morgan fingerprint density at radius 1 is 1.33 bits per heavy atom. The van der Waals surface area contributed by atoms with Crippen LogP contribution in [0.5, 0.6) is 0 Å². The Morgan fingerprint density at radius 3 is 2.44 bits per heavy atom. The molecule has 0 saturated heterocycles. The first-order valence-electron chi connectivity index (χ1n) is 3.66. The topological polar surface area (TPSA) is 12.0 Å². The summed E-state index contributed by atoms with van der Waals surface area (Å²) >= 11 is 0. The highest BCUT2D eigenvalue weighted by Gasteiger charge is 2.22. The van der Waals surface area contributed by atoms with Gasteiger partial charge in [-0.05, 0) is 19.9 Å². The van der Waals surface area contributed by atoms with Crippen molar-refractivity contribution in [1.82, 2.24) is 5.32 Å². The molecule has 1 saturated carbocycles. The number of alkyl halides is 1. The third-order valence-electron chi connectivity index (χ3n) is 2.05. The molecule has 2 atom stereocenters. The molecule has 0 aromatic rings. The van der Waals surface area contributed by atoms with Gasteiger partial charge < -0.3 is 5.32 Å². The first-order valence-corrected chi connectivity index (χ1v) is 3.66. The minimum Gasteiger partial charge on any atom is -0.314 e. The van der Waals surface area contributed by atoms with Crippen molar-refractivity contribution in [3.05, 3.63) is 0 Å². The molecule has 1 N–H and O–H groups in total. The first kappa shape index (κ1) is 7.00. The van der Waals surface area contributed by atoms with Gasteiger partial charge in [0.15, 0.2) is 0 Å². The normalized spacial score (nSPS) is 36.7. The van der Waals surface area contributed by atoms with Crippen LogP contribution in [-0.2, 0) is 0 Å². The van der Waals surface area contributed by atoms with Crippen molar-refractivity contribution < 1.29 is 4.39 Å². The van der Waals surface area contributed by atoms with Gasteiger partial charge in [-0.2, -0.15) is 0 Å². The maximum Gasteiger partial charge on any atom is 0.115 e. The molecule has 1 rings (SSSR count). The van der Waals surface area contributed by atoms with E-state index in [2.05, 4.69) is 5.32 Å². The van der Waals surface area contributed by atoms with Crippen molar-refractivity contribution >= 4 is 0 Å². The van der Waals surface area contributed by atoms with Crippen LogP contribution in [-0.4, -0.2) is 19.3 Å². The fraction of sp³-hybridized carbons (Fsp3) is 1.00. The van der Waals surface area contributed by atoms with Crippen LogP contribution >= 0.6 is 0 Å². The fourth-order valence-electron chi connectivity index (χ4n) is 1.41. The standard InChI is InChI=1S/C7H14FN/c1-9-7-5-3-2-4-6(7)8/h6-7,9H,2-5H2,1H3/t6-,7-/m0/s1. The summed E-state index contributed by atoms with van der Waals surface area (Å²) in [7, 11) is 1.84. The van der Waals surface area contributed by atoms with Crippen molar-refractivity contribution in [2.75, 3.05) is 7.05 Å². The van der Waals surface area contributed by atoms with Crippen molar-refractivity contribution in [3.8, 4) is 0 Å². The smallest absolute Gasteiger partial charge is 0.115 e. The Kier molecular flexibility index (Phi) is 2.46. The van der Waals surface area contributed by atoms with Gasteiger partial charge in [-0.3, -0.25) is 0 Å². The van der Waals surface area contributed by atoms with Crippen LogP contribution in [0.2, 0.25) is 0 Å². The molecule has 0 aromatic carbocycles. The monoisotopic (exact) mass is 131 g/mol. The van der Waals surface area contributed by atoms with E-state index in [1.165, 1.54) is 6.42 Å². The minimum absolute atomic E-state index is 0.138. The van der Waals surface area contributed by atoms with E-state index in [9.17, 15) is 4.39 Å². The minimum atomic E-state index is -0.594. The molecule has 0 heterocycles. The summed E-state index contributed by atoms with van der Waals surface area (Å²) in [4.78, 5) is 0. The number of nitrogens with one attached hydrogen (secondary N) is 1. The average molecular weight is 131 g/mol. The predicted molar refractivity (Wildman–Crippen MR) is 36.2 cm³/mol. The Bertz CT molecular complexity index is 85.0. The number of hydrogen-bond donors (Lipinski definition) is 1. The molecular weight excluding hydrogens is 117 g/mol. The highest BCUT2D eigenvalue weighted by atomic mass is 19.1. The molecule has 0 aliphatic heterocycles. The van der Waals surface area contributed by atoms with Gasteiger partial charge in [0.25, 0.3) is 0 Å². The van der Waals surface area contributed by atoms with E-state index in [1.54, 1.807) is 0 Å². The van der Waals surface area contributed by atoms with Gasteiger partial charge in [0.1, 0.15) is 6.17 Å². The molecule has 0 unspecified atom stereocenters. The molecule has 0 radical (unpaired) electrons. The van der Waals surface area contributed by atoms with Gasteiger partial charge in [0.2, 0.25) is 0 Å². The third kappa shape index (κ3) is 1.65. The highest BCUT2D eigenvalue weighted by Crippen LogP contribution is 2.20. The molecule has 1 nitrogen and oxygen atoms in total. The number of rotatable bonds is 1. The molecule has 0 amide bonds. The quantitative estimate of drug-likeness (QED) is 0.568. The van der Waals surface area contributed by atoms with E-state index in [0.29, 0.717) is 0 Å². The van der Waals surface area contributed by atoms with Crippen LogP contribution < -0.4 is 5.32 Å². The summed E-state index contributed by atoms with van der Waals surface area (Å²) in [5.41, 5.74) is 0. The molecule has 1 aliphatic rings. The molecule has 2 heteroatoms. The van der Waals surface area contributed by atoms with E-state index < -0.39 is 6.17 Å². The van der Waals surface area contributed by atoms with Gasteiger partial charge >= 0.3 is 0 Å². The number of hydrogen-bond acceptors (Lipinski definition) is 1. The SMILES string of the molecule is CN[C@H]1CCCC[C@@H]1F. The second-order valence-electron chi connectivity index (χ2n) is 2.70. The lowest BCUT2D eigenvalue weighted by molar-refractivity contribution is 0.196. The summed E-state index contributed by atoms with van der Waals surface area (Å²) in [6, 6.07) is 0.138. The molecular formula is C7H14FN. The molecule has 0 aromatic heterocycles. The van der Waals surface area contributed by atoms with Crippen LogP contribution in [0.25, 0.3) is 0 Å². The average Bonchev–Trinajstić information content (AvgIpc) is 1.89. The van der Waals surface area contributed by atoms with Crippen LogP contribution in [0.15, 0.2) is 0 Å². The lowest BCUT2D eigenvalue weighted by Gasteiger charge is -2.24. The van der Waals surface area contributed by atoms with E-state index in [-0.39, 0.29) is 6.04 Å². The van der Waals surface area contributed by atoms with Crippen molar-refractivity contribution in [3.63, 3.8) is 0 Å². The van der Waals surface area contributed by atoms with Crippen molar-refractivity contribution in [2.45, 2.75) is 37.9 Å². The van der Waals surface area contributed by atoms with Gasteiger partial charge in [-0.1, -0.05) is 12.8 Å². The summed E-state index contributed by atoms with van der Waals surface area (Å²) in [5, 5.41) is 2.98. The first-order chi connectivity index (χ1) is 4.34. The molecule has 0 bridgehead atoms. The van der Waals surface area contributed by atoms with Gasteiger partial charge in [0, 0.05) is 6.04 Å². The second-order valence-corrected chi connectivity index (χ2v) is 2.70. The highest BCUT2D eigenvalue weighted by molar-refractivity contribution is 4.78. The van der Waals surface area contributed by atoms with E-state index in [4.69, 9.17) is 0 Å².